The molecule has 104 valence electrons. The summed E-state index contributed by atoms with van der Waals surface area (Å²) in [5.41, 5.74) is -0.751. The number of hydrogen-bond donors (Lipinski definition) is 2. The van der Waals surface area contributed by atoms with E-state index in [0.29, 0.717) is 18.1 Å². The lowest BCUT2D eigenvalue weighted by molar-refractivity contribution is -0.145. The van der Waals surface area contributed by atoms with Gasteiger partial charge in [-0.1, -0.05) is 0 Å². The van der Waals surface area contributed by atoms with E-state index in [1.165, 1.54) is 0 Å². The average molecular weight is 280 g/mol. The molecule has 0 saturated heterocycles. The van der Waals surface area contributed by atoms with Crippen molar-refractivity contribution in [3.63, 3.8) is 0 Å². The minimum atomic E-state index is -0.751. The van der Waals surface area contributed by atoms with E-state index in [2.05, 4.69) is 10.3 Å². The number of carboxylic acid groups (broad SMARTS) is 1. The van der Waals surface area contributed by atoms with Crippen LogP contribution in [0.5, 0.6) is 0 Å². The van der Waals surface area contributed by atoms with E-state index in [1.807, 2.05) is 26.0 Å². The lowest BCUT2D eigenvalue weighted by atomic mass is 9.97. The molecule has 2 rings (SSSR count). The first-order valence-electron chi connectivity index (χ1n) is 6.59. The third-order valence-electron chi connectivity index (χ3n) is 3.40. The number of aromatic nitrogens is 1. The molecule has 1 aliphatic carbocycles. The zero-order valence-electron chi connectivity index (χ0n) is 11.3. The second kappa shape index (κ2) is 5.92. The van der Waals surface area contributed by atoms with Crippen LogP contribution in [0.1, 0.15) is 33.1 Å². The van der Waals surface area contributed by atoms with Crippen molar-refractivity contribution in [2.24, 2.45) is 0 Å². The maximum Gasteiger partial charge on any atom is 0.323 e. The summed E-state index contributed by atoms with van der Waals surface area (Å²) < 4.78 is 0. The topological polar surface area (TPSA) is 62.2 Å². The van der Waals surface area contributed by atoms with Crippen molar-refractivity contribution in [2.45, 2.75) is 54.8 Å². The van der Waals surface area contributed by atoms with Gasteiger partial charge in [0.05, 0.1) is 0 Å². The number of carboxylic acids is 1. The molecule has 19 heavy (non-hydrogen) atoms. The van der Waals surface area contributed by atoms with Crippen LogP contribution in [0.3, 0.4) is 0 Å². The summed E-state index contributed by atoms with van der Waals surface area (Å²) in [5, 5.41) is 13.1. The van der Waals surface area contributed by atoms with Gasteiger partial charge in [0.1, 0.15) is 5.54 Å². The van der Waals surface area contributed by atoms with E-state index in [0.717, 1.165) is 11.3 Å². The van der Waals surface area contributed by atoms with Gasteiger partial charge in [0, 0.05) is 28.6 Å². The summed E-state index contributed by atoms with van der Waals surface area (Å²) in [4.78, 5) is 16.7. The lowest BCUT2D eigenvalue weighted by Crippen LogP contribution is -2.53. The van der Waals surface area contributed by atoms with Gasteiger partial charge < -0.3 is 5.11 Å². The van der Waals surface area contributed by atoms with E-state index in [9.17, 15) is 9.90 Å². The highest BCUT2D eigenvalue weighted by molar-refractivity contribution is 8.00. The molecule has 1 aliphatic rings. The summed E-state index contributed by atoms with van der Waals surface area (Å²) in [7, 11) is 0. The molecule has 0 radical (unpaired) electrons. The highest BCUT2D eigenvalue weighted by Gasteiger charge is 2.45. The van der Waals surface area contributed by atoms with Gasteiger partial charge in [-0.05, 0) is 45.2 Å². The third kappa shape index (κ3) is 3.48. The summed E-state index contributed by atoms with van der Waals surface area (Å²) in [6.07, 6.45) is 5.85. The largest absolute Gasteiger partial charge is 0.480 e. The normalized spacial score (nSPS) is 26.8. The minimum absolute atomic E-state index is 0.181. The van der Waals surface area contributed by atoms with Crippen LogP contribution in [0, 0.1) is 0 Å². The van der Waals surface area contributed by atoms with Gasteiger partial charge in [-0.2, -0.15) is 0 Å². The molecule has 1 aromatic rings. The quantitative estimate of drug-likeness (QED) is 0.868. The van der Waals surface area contributed by atoms with E-state index < -0.39 is 11.5 Å². The van der Waals surface area contributed by atoms with Gasteiger partial charge in [-0.25, -0.2) is 0 Å². The van der Waals surface area contributed by atoms with Crippen molar-refractivity contribution >= 4 is 17.7 Å². The fourth-order valence-electron chi connectivity index (χ4n) is 2.65. The smallest absolute Gasteiger partial charge is 0.323 e. The number of nitrogens with zero attached hydrogens (tertiary/aromatic N) is 1. The molecule has 2 unspecified atom stereocenters. The molecular formula is C14H20N2O2S. The lowest BCUT2D eigenvalue weighted by Gasteiger charge is -2.28. The highest BCUT2D eigenvalue weighted by atomic mass is 32.2. The molecule has 1 heterocycles. The van der Waals surface area contributed by atoms with Crippen molar-refractivity contribution in [2.75, 3.05) is 0 Å². The van der Waals surface area contributed by atoms with Crippen LogP contribution in [0.2, 0.25) is 0 Å². The molecule has 0 aromatic carbocycles. The number of rotatable bonds is 5. The molecule has 4 nitrogen and oxygen atoms in total. The van der Waals surface area contributed by atoms with Gasteiger partial charge in [0.15, 0.2) is 0 Å². The predicted octanol–water partition coefficient (Wildman–Crippen LogP) is 2.55. The zero-order chi connectivity index (χ0) is 13.9. The monoisotopic (exact) mass is 280 g/mol. The van der Waals surface area contributed by atoms with Crippen LogP contribution < -0.4 is 5.32 Å². The molecule has 1 aromatic heterocycles. The molecule has 1 fully saturated rings. The maximum absolute atomic E-state index is 11.6. The van der Waals surface area contributed by atoms with Crippen molar-refractivity contribution in [3.05, 3.63) is 24.5 Å². The molecule has 0 amide bonds. The van der Waals surface area contributed by atoms with Gasteiger partial charge >= 0.3 is 5.97 Å². The van der Waals surface area contributed by atoms with Gasteiger partial charge in [-0.3, -0.25) is 15.1 Å². The van der Waals surface area contributed by atoms with Crippen LogP contribution in [-0.4, -0.2) is 32.9 Å². The molecule has 1 saturated carbocycles. The summed E-state index contributed by atoms with van der Waals surface area (Å²) >= 11 is 1.75. The van der Waals surface area contributed by atoms with Crippen molar-refractivity contribution < 1.29 is 9.90 Å². The maximum atomic E-state index is 11.6. The molecule has 2 N–H and O–H groups in total. The highest BCUT2D eigenvalue weighted by Crippen LogP contribution is 2.40. The second-order valence-corrected chi connectivity index (χ2v) is 6.73. The van der Waals surface area contributed by atoms with Crippen LogP contribution in [-0.2, 0) is 4.79 Å². The fraction of sp³-hybridized carbons (Fsp3) is 0.571. The fourth-order valence-corrected chi connectivity index (χ4v) is 3.92. The Morgan fingerprint density at radius 2 is 2.21 bits per heavy atom. The van der Waals surface area contributed by atoms with Gasteiger partial charge in [-0.15, -0.1) is 11.8 Å². The summed E-state index contributed by atoms with van der Waals surface area (Å²) in [5.74, 6) is -0.723. The first-order valence-corrected chi connectivity index (χ1v) is 7.47. The Morgan fingerprint density at radius 3 is 2.79 bits per heavy atom. The first kappa shape index (κ1) is 14.3. The molecule has 0 bridgehead atoms. The number of nitrogens with one attached hydrogen (secondary N) is 1. The van der Waals surface area contributed by atoms with Crippen LogP contribution >= 0.6 is 11.8 Å². The summed E-state index contributed by atoms with van der Waals surface area (Å²) in [6.45, 7) is 3.99. The first-order chi connectivity index (χ1) is 9.02. The molecule has 0 spiro atoms. The van der Waals surface area contributed by atoms with Crippen LogP contribution in [0.4, 0.5) is 0 Å². The molecule has 5 heteroatoms. The zero-order valence-corrected chi connectivity index (χ0v) is 12.1. The van der Waals surface area contributed by atoms with Gasteiger partial charge in [0.25, 0.3) is 0 Å². The van der Waals surface area contributed by atoms with E-state index in [1.54, 1.807) is 24.2 Å². The minimum Gasteiger partial charge on any atom is -0.480 e. The average Bonchev–Trinajstić information content (AvgIpc) is 2.74. The Hall–Kier alpha value is -1.07. The number of thioether (sulfide) groups is 1. The van der Waals surface area contributed by atoms with Crippen molar-refractivity contribution in [1.29, 1.82) is 0 Å². The number of carbonyl (C=O) groups is 1. The summed E-state index contributed by atoms with van der Waals surface area (Å²) in [6, 6.07) is 4.13. The Bertz CT molecular complexity index is 438. The van der Waals surface area contributed by atoms with E-state index in [4.69, 9.17) is 0 Å². The second-order valence-electron chi connectivity index (χ2n) is 5.35. The van der Waals surface area contributed by atoms with E-state index >= 15 is 0 Å². The Kier molecular flexibility index (Phi) is 4.47. The number of aliphatic carboxylic acids is 1. The Labute approximate surface area is 118 Å². The number of hydrogen-bond acceptors (Lipinski definition) is 4. The van der Waals surface area contributed by atoms with Crippen molar-refractivity contribution in [3.8, 4) is 0 Å². The molecular weight excluding hydrogens is 260 g/mol. The van der Waals surface area contributed by atoms with Crippen molar-refractivity contribution in [1.82, 2.24) is 10.3 Å². The van der Waals surface area contributed by atoms with Gasteiger partial charge in [0.2, 0.25) is 0 Å². The van der Waals surface area contributed by atoms with Crippen LogP contribution in [0.15, 0.2) is 29.4 Å². The third-order valence-corrected chi connectivity index (χ3v) is 4.68. The molecule has 2 atom stereocenters. The van der Waals surface area contributed by atoms with Crippen LogP contribution in [0.25, 0.3) is 0 Å². The van der Waals surface area contributed by atoms with E-state index in [-0.39, 0.29) is 6.04 Å². The predicted molar refractivity (Wildman–Crippen MR) is 76.4 cm³/mol. The number of pyridine rings is 1. The Morgan fingerprint density at radius 1 is 1.53 bits per heavy atom. The standard InChI is InChI=1S/C14H20N2O2S/c1-10(2)16-14(13(17)18)6-3-12(9-14)19-11-4-7-15-8-5-11/h4-5,7-8,10,12,16H,3,6,9H2,1-2H3,(H,17,18). The SMILES string of the molecule is CC(C)NC1(C(=O)O)CCC(Sc2ccncc2)C1. The Balaban J connectivity index is 2.03. The molecule has 0 aliphatic heterocycles.